The molecule has 1 aromatic rings. The molecule has 1 radical (unpaired) electrons. The third-order valence-corrected chi connectivity index (χ3v) is 2.33. The van der Waals surface area contributed by atoms with Gasteiger partial charge in [0.25, 0.3) is 0 Å². The standard InChI is InChI=1S/C11H17N2O3/c14-7-11(8-15,9-16)13-12-6-10-4-2-1-3-5-10/h1-5,13-16H,6-9H2. The van der Waals surface area contributed by atoms with Crippen molar-refractivity contribution in [2.24, 2.45) is 0 Å². The Labute approximate surface area is 94.7 Å². The number of rotatable bonds is 7. The summed E-state index contributed by atoms with van der Waals surface area (Å²) in [6, 6.07) is 9.56. The van der Waals surface area contributed by atoms with Gasteiger partial charge in [-0.05, 0) is 5.56 Å². The minimum absolute atomic E-state index is 0.377. The molecule has 0 amide bonds. The molecule has 0 unspecified atom stereocenters. The van der Waals surface area contributed by atoms with E-state index in [4.69, 9.17) is 15.3 Å². The Morgan fingerprint density at radius 1 is 1.00 bits per heavy atom. The Balaban J connectivity index is 2.39. The summed E-state index contributed by atoms with van der Waals surface area (Å²) >= 11 is 0. The summed E-state index contributed by atoms with van der Waals surface area (Å²) in [7, 11) is 0. The molecule has 0 spiro atoms. The number of aliphatic hydroxyl groups is 3. The maximum absolute atomic E-state index is 9.03. The van der Waals surface area contributed by atoms with E-state index >= 15 is 0 Å². The van der Waals surface area contributed by atoms with Crippen LogP contribution in [0.5, 0.6) is 0 Å². The van der Waals surface area contributed by atoms with E-state index in [0.717, 1.165) is 5.56 Å². The first-order chi connectivity index (χ1) is 7.76. The van der Waals surface area contributed by atoms with E-state index < -0.39 is 5.54 Å². The third kappa shape index (κ3) is 3.55. The quantitative estimate of drug-likeness (QED) is 0.449. The average molecular weight is 225 g/mol. The SMILES string of the molecule is OCC(CO)(CO)N[N]Cc1ccccc1. The summed E-state index contributed by atoms with van der Waals surface area (Å²) in [6.07, 6.45) is 0. The van der Waals surface area contributed by atoms with E-state index in [1.165, 1.54) is 0 Å². The van der Waals surface area contributed by atoms with Crippen molar-refractivity contribution in [2.75, 3.05) is 19.8 Å². The lowest BCUT2D eigenvalue weighted by Crippen LogP contribution is -2.57. The zero-order valence-corrected chi connectivity index (χ0v) is 9.00. The number of nitrogens with zero attached hydrogens (tertiary/aromatic N) is 1. The number of benzene rings is 1. The Hall–Kier alpha value is -0.980. The smallest absolute Gasteiger partial charge is 0.103 e. The van der Waals surface area contributed by atoms with Crippen molar-refractivity contribution < 1.29 is 15.3 Å². The molecule has 89 valence electrons. The van der Waals surface area contributed by atoms with Crippen molar-refractivity contribution in [1.82, 2.24) is 10.9 Å². The number of aliphatic hydroxyl groups excluding tert-OH is 3. The molecular formula is C11H17N2O3. The van der Waals surface area contributed by atoms with Gasteiger partial charge in [-0.25, -0.2) is 5.43 Å². The predicted octanol–water partition coefficient (Wildman–Crippen LogP) is -0.989. The molecule has 0 atom stereocenters. The second-order valence-corrected chi connectivity index (χ2v) is 3.67. The predicted molar refractivity (Wildman–Crippen MR) is 59.4 cm³/mol. The molecule has 5 nitrogen and oxygen atoms in total. The van der Waals surface area contributed by atoms with Crippen molar-refractivity contribution in [3.63, 3.8) is 0 Å². The molecule has 0 fully saturated rings. The minimum atomic E-state index is -1.14. The van der Waals surface area contributed by atoms with Crippen molar-refractivity contribution in [2.45, 2.75) is 12.1 Å². The average Bonchev–Trinajstić information content (AvgIpc) is 2.37. The minimum Gasteiger partial charge on any atom is -0.394 e. The first-order valence-electron chi connectivity index (χ1n) is 5.06. The van der Waals surface area contributed by atoms with Gasteiger partial charge in [-0.1, -0.05) is 30.3 Å². The van der Waals surface area contributed by atoms with Crippen LogP contribution in [0, 0.1) is 0 Å². The van der Waals surface area contributed by atoms with Crippen LogP contribution in [0.4, 0.5) is 0 Å². The van der Waals surface area contributed by atoms with Crippen LogP contribution in [-0.2, 0) is 6.54 Å². The van der Waals surface area contributed by atoms with Crippen LogP contribution in [-0.4, -0.2) is 40.7 Å². The lowest BCUT2D eigenvalue weighted by atomic mass is 10.1. The van der Waals surface area contributed by atoms with Gasteiger partial charge < -0.3 is 15.3 Å². The van der Waals surface area contributed by atoms with Crippen molar-refractivity contribution in [3.8, 4) is 0 Å². The topological polar surface area (TPSA) is 86.8 Å². The zero-order valence-electron chi connectivity index (χ0n) is 9.00. The van der Waals surface area contributed by atoms with Crippen LogP contribution in [0.1, 0.15) is 5.56 Å². The van der Waals surface area contributed by atoms with Gasteiger partial charge in [0.2, 0.25) is 0 Å². The Kier molecular flexibility index (Phi) is 5.37. The molecule has 0 heterocycles. The van der Waals surface area contributed by atoms with Crippen LogP contribution in [0.2, 0.25) is 0 Å². The highest BCUT2D eigenvalue weighted by molar-refractivity contribution is 5.14. The second kappa shape index (κ2) is 6.57. The Morgan fingerprint density at radius 3 is 2.06 bits per heavy atom. The summed E-state index contributed by atoms with van der Waals surface area (Å²) in [5, 5.41) is 27.1. The van der Waals surface area contributed by atoms with Crippen LogP contribution in [0.15, 0.2) is 30.3 Å². The molecule has 0 saturated heterocycles. The Morgan fingerprint density at radius 2 is 1.56 bits per heavy atom. The first kappa shape index (κ1) is 13.1. The fourth-order valence-corrected chi connectivity index (χ4v) is 1.14. The van der Waals surface area contributed by atoms with Gasteiger partial charge in [0.05, 0.1) is 26.4 Å². The van der Waals surface area contributed by atoms with E-state index in [1.807, 2.05) is 30.3 Å². The van der Waals surface area contributed by atoms with Gasteiger partial charge >= 0.3 is 0 Å². The fourth-order valence-electron chi connectivity index (χ4n) is 1.14. The third-order valence-electron chi connectivity index (χ3n) is 2.33. The van der Waals surface area contributed by atoms with Crippen LogP contribution < -0.4 is 10.9 Å². The van der Waals surface area contributed by atoms with E-state index in [-0.39, 0.29) is 19.8 Å². The van der Waals surface area contributed by atoms with Crippen LogP contribution in [0.3, 0.4) is 0 Å². The second-order valence-electron chi connectivity index (χ2n) is 3.67. The number of hydrogen-bond donors (Lipinski definition) is 4. The lowest BCUT2D eigenvalue weighted by Gasteiger charge is -2.27. The summed E-state index contributed by atoms with van der Waals surface area (Å²) in [6.45, 7) is -0.711. The maximum Gasteiger partial charge on any atom is 0.103 e. The molecule has 0 aromatic heterocycles. The highest BCUT2D eigenvalue weighted by Crippen LogP contribution is 2.02. The maximum atomic E-state index is 9.03. The van der Waals surface area contributed by atoms with Gasteiger partial charge in [-0.2, -0.15) is 5.43 Å². The molecular weight excluding hydrogens is 208 g/mol. The van der Waals surface area contributed by atoms with Crippen molar-refractivity contribution in [3.05, 3.63) is 35.9 Å². The number of nitrogens with one attached hydrogen (secondary N) is 1. The molecule has 0 aliphatic heterocycles. The highest BCUT2D eigenvalue weighted by atomic mass is 16.3. The molecule has 1 aromatic carbocycles. The molecule has 0 aliphatic carbocycles. The Bertz CT molecular complexity index is 280. The zero-order chi connectivity index (χ0) is 11.9. The summed E-state index contributed by atoms with van der Waals surface area (Å²) in [5.41, 5.74) is 6.47. The molecule has 4 N–H and O–H groups in total. The van der Waals surface area contributed by atoms with Crippen molar-refractivity contribution in [1.29, 1.82) is 0 Å². The van der Waals surface area contributed by atoms with Crippen LogP contribution >= 0.6 is 0 Å². The first-order valence-corrected chi connectivity index (χ1v) is 5.06. The highest BCUT2D eigenvalue weighted by Gasteiger charge is 2.27. The molecule has 0 aliphatic rings. The summed E-state index contributed by atoms with van der Waals surface area (Å²) in [4.78, 5) is 0. The normalized spacial score (nSPS) is 11.7. The van der Waals surface area contributed by atoms with Gasteiger partial charge in [-0.15, -0.1) is 0 Å². The van der Waals surface area contributed by atoms with E-state index in [9.17, 15) is 0 Å². The van der Waals surface area contributed by atoms with E-state index in [0.29, 0.717) is 6.54 Å². The van der Waals surface area contributed by atoms with Crippen LogP contribution in [0.25, 0.3) is 0 Å². The lowest BCUT2D eigenvalue weighted by molar-refractivity contribution is 0.0306. The number of hydrogen-bond acceptors (Lipinski definition) is 4. The molecule has 0 saturated carbocycles. The molecule has 0 bridgehead atoms. The molecule has 16 heavy (non-hydrogen) atoms. The molecule has 5 heteroatoms. The van der Waals surface area contributed by atoms with Gasteiger partial charge in [0, 0.05) is 0 Å². The largest absolute Gasteiger partial charge is 0.394 e. The summed E-state index contributed by atoms with van der Waals surface area (Å²) < 4.78 is 0. The van der Waals surface area contributed by atoms with Gasteiger partial charge in [0.15, 0.2) is 0 Å². The van der Waals surface area contributed by atoms with Gasteiger partial charge in [-0.3, -0.25) is 0 Å². The van der Waals surface area contributed by atoms with Gasteiger partial charge in [0.1, 0.15) is 5.54 Å². The van der Waals surface area contributed by atoms with E-state index in [1.54, 1.807) is 0 Å². The molecule has 1 rings (SSSR count). The summed E-state index contributed by atoms with van der Waals surface area (Å²) in [5.74, 6) is 0. The monoisotopic (exact) mass is 225 g/mol. The van der Waals surface area contributed by atoms with E-state index in [2.05, 4.69) is 10.9 Å². The fraction of sp³-hybridized carbons (Fsp3) is 0.455. The van der Waals surface area contributed by atoms with Crippen molar-refractivity contribution >= 4 is 0 Å².